The molecule has 0 aliphatic heterocycles. The first kappa shape index (κ1) is 13.1. The highest BCUT2D eigenvalue weighted by atomic mass is 16.4. The van der Waals surface area contributed by atoms with Crippen molar-refractivity contribution in [3.8, 4) is 11.1 Å². The van der Waals surface area contributed by atoms with Gasteiger partial charge in [-0.2, -0.15) is 0 Å². The molecule has 3 heteroatoms. The van der Waals surface area contributed by atoms with Gasteiger partial charge in [-0.3, -0.25) is 0 Å². The van der Waals surface area contributed by atoms with Crippen LogP contribution in [0.1, 0.15) is 13.3 Å². The first-order chi connectivity index (χ1) is 9.20. The smallest absolute Gasteiger partial charge is 0.326 e. The highest BCUT2D eigenvalue weighted by molar-refractivity contribution is 5.77. The van der Waals surface area contributed by atoms with Gasteiger partial charge in [-0.1, -0.05) is 49.4 Å². The summed E-state index contributed by atoms with van der Waals surface area (Å²) >= 11 is 0. The number of hydrogen-bond acceptors (Lipinski definition) is 2. The van der Waals surface area contributed by atoms with E-state index in [4.69, 9.17) is 5.11 Å². The second-order valence-corrected chi connectivity index (χ2v) is 4.39. The molecule has 2 N–H and O–H groups in total. The molecule has 0 aliphatic carbocycles. The Labute approximate surface area is 112 Å². The third-order valence-corrected chi connectivity index (χ3v) is 3.04. The van der Waals surface area contributed by atoms with Gasteiger partial charge >= 0.3 is 5.97 Å². The number of benzene rings is 2. The molecular weight excluding hydrogens is 238 g/mol. The van der Waals surface area contributed by atoms with Gasteiger partial charge in [0.15, 0.2) is 0 Å². The number of anilines is 1. The molecule has 0 saturated carbocycles. The molecule has 0 spiro atoms. The van der Waals surface area contributed by atoms with Crippen LogP contribution < -0.4 is 5.32 Å². The molecule has 2 aromatic rings. The van der Waals surface area contributed by atoms with Crippen LogP contribution in [0.2, 0.25) is 0 Å². The normalized spacial score (nSPS) is 11.8. The van der Waals surface area contributed by atoms with Gasteiger partial charge in [0.05, 0.1) is 0 Å². The minimum absolute atomic E-state index is 0.539. The van der Waals surface area contributed by atoms with Crippen molar-refractivity contribution < 1.29 is 9.90 Å². The highest BCUT2D eigenvalue weighted by Crippen LogP contribution is 2.21. The fraction of sp³-hybridized carbons (Fsp3) is 0.188. The summed E-state index contributed by atoms with van der Waals surface area (Å²) in [5.74, 6) is -0.824. The van der Waals surface area contributed by atoms with E-state index >= 15 is 0 Å². The quantitative estimate of drug-likeness (QED) is 0.857. The molecule has 0 heterocycles. The molecular formula is C16H17NO2. The largest absolute Gasteiger partial charge is 0.480 e. The lowest BCUT2D eigenvalue weighted by molar-refractivity contribution is -0.137. The Morgan fingerprint density at radius 2 is 1.63 bits per heavy atom. The van der Waals surface area contributed by atoms with Crippen molar-refractivity contribution in [1.29, 1.82) is 0 Å². The van der Waals surface area contributed by atoms with Crippen molar-refractivity contribution in [2.45, 2.75) is 19.4 Å². The number of carboxylic acids is 1. The molecule has 0 fully saturated rings. The summed E-state index contributed by atoms with van der Waals surface area (Å²) in [6.45, 7) is 1.85. The lowest BCUT2D eigenvalue weighted by atomic mass is 10.1. The van der Waals surface area contributed by atoms with Crippen molar-refractivity contribution >= 4 is 11.7 Å². The van der Waals surface area contributed by atoms with Crippen molar-refractivity contribution in [3.63, 3.8) is 0 Å². The molecule has 1 atom stereocenters. The zero-order valence-electron chi connectivity index (χ0n) is 10.8. The van der Waals surface area contributed by atoms with Gasteiger partial charge in [0.25, 0.3) is 0 Å². The monoisotopic (exact) mass is 255 g/mol. The Morgan fingerprint density at radius 3 is 2.16 bits per heavy atom. The molecule has 19 heavy (non-hydrogen) atoms. The predicted octanol–water partition coefficient (Wildman–Crippen LogP) is 3.63. The van der Waals surface area contributed by atoms with Gasteiger partial charge in [-0.05, 0) is 29.7 Å². The van der Waals surface area contributed by atoms with Gasteiger partial charge < -0.3 is 10.4 Å². The van der Waals surface area contributed by atoms with Gasteiger partial charge in [-0.15, -0.1) is 0 Å². The van der Waals surface area contributed by atoms with E-state index in [2.05, 4.69) is 17.4 Å². The third kappa shape index (κ3) is 3.35. The van der Waals surface area contributed by atoms with E-state index in [9.17, 15) is 4.79 Å². The van der Waals surface area contributed by atoms with E-state index in [1.54, 1.807) is 0 Å². The van der Waals surface area contributed by atoms with Crippen LogP contribution >= 0.6 is 0 Å². The summed E-state index contributed by atoms with van der Waals surface area (Å²) in [5, 5.41) is 12.0. The Bertz CT molecular complexity index is 534. The minimum atomic E-state index is -0.824. The van der Waals surface area contributed by atoms with E-state index < -0.39 is 12.0 Å². The van der Waals surface area contributed by atoms with Crippen LogP contribution in [0.25, 0.3) is 11.1 Å². The Morgan fingerprint density at radius 1 is 1.05 bits per heavy atom. The Hall–Kier alpha value is -2.29. The van der Waals surface area contributed by atoms with Gasteiger partial charge in [0, 0.05) is 5.69 Å². The number of rotatable bonds is 5. The lowest BCUT2D eigenvalue weighted by Crippen LogP contribution is -2.28. The van der Waals surface area contributed by atoms with Gasteiger partial charge in [0.1, 0.15) is 6.04 Å². The van der Waals surface area contributed by atoms with Crippen molar-refractivity contribution in [2.24, 2.45) is 0 Å². The number of nitrogens with one attached hydrogen (secondary N) is 1. The minimum Gasteiger partial charge on any atom is -0.480 e. The van der Waals surface area contributed by atoms with Crippen LogP contribution in [-0.2, 0) is 4.79 Å². The fourth-order valence-electron chi connectivity index (χ4n) is 1.93. The average Bonchev–Trinajstić information content (AvgIpc) is 2.46. The number of aliphatic carboxylic acids is 1. The molecule has 98 valence electrons. The van der Waals surface area contributed by atoms with E-state index in [-0.39, 0.29) is 0 Å². The second kappa shape index (κ2) is 6.05. The maximum absolute atomic E-state index is 11.0. The molecule has 1 unspecified atom stereocenters. The highest BCUT2D eigenvalue weighted by Gasteiger charge is 2.13. The molecule has 2 rings (SSSR count). The summed E-state index contributed by atoms with van der Waals surface area (Å²) in [6.07, 6.45) is 0.551. The second-order valence-electron chi connectivity index (χ2n) is 4.39. The van der Waals surface area contributed by atoms with Crippen molar-refractivity contribution in [1.82, 2.24) is 0 Å². The maximum Gasteiger partial charge on any atom is 0.326 e. The summed E-state index contributed by atoms with van der Waals surface area (Å²) in [5.41, 5.74) is 3.10. The summed E-state index contributed by atoms with van der Waals surface area (Å²) in [6, 6.07) is 17.3. The number of carbonyl (C=O) groups is 1. The molecule has 0 bridgehead atoms. The standard InChI is InChI=1S/C16H17NO2/c1-2-15(16(18)19)17-14-10-8-13(9-11-14)12-6-4-3-5-7-12/h3-11,15,17H,2H2,1H3,(H,18,19). The van der Waals surface area contributed by atoms with E-state index in [0.717, 1.165) is 16.8 Å². The third-order valence-electron chi connectivity index (χ3n) is 3.04. The molecule has 0 radical (unpaired) electrons. The Balaban J connectivity index is 2.13. The van der Waals surface area contributed by atoms with Crippen LogP contribution in [0.3, 0.4) is 0 Å². The van der Waals surface area contributed by atoms with Gasteiger partial charge in [-0.25, -0.2) is 4.79 Å². The van der Waals surface area contributed by atoms with Crippen molar-refractivity contribution in [3.05, 3.63) is 54.6 Å². The zero-order chi connectivity index (χ0) is 13.7. The summed E-state index contributed by atoms with van der Waals surface area (Å²) < 4.78 is 0. The first-order valence-corrected chi connectivity index (χ1v) is 6.35. The molecule has 0 saturated heterocycles. The summed E-state index contributed by atoms with van der Waals surface area (Å²) in [4.78, 5) is 11.0. The summed E-state index contributed by atoms with van der Waals surface area (Å²) in [7, 11) is 0. The van der Waals surface area contributed by atoms with E-state index in [1.165, 1.54) is 0 Å². The zero-order valence-corrected chi connectivity index (χ0v) is 10.8. The number of carboxylic acid groups (broad SMARTS) is 1. The molecule has 0 aliphatic rings. The van der Waals surface area contributed by atoms with Crippen molar-refractivity contribution in [2.75, 3.05) is 5.32 Å². The molecule has 2 aromatic carbocycles. The Kier molecular flexibility index (Phi) is 4.18. The average molecular weight is 255 g/mol. The van der Waals surface area contributed by atoms with Crippen LogP contribution in [0.4, 0.5) is 5.69 Å². The molecule has 0 aromatic heterocycles. The molecule has 3 nitrogen and oxygen atoms in total. The lowest BCUT2D eigenvalue weighted by Gasteiger charge is -2.14. The first-order valence-electron chi connectivity index (χ1n) is 6.35. The fourth-order valence-corrected chi connectivity index (χ4v) is 1.93. The maximum atomic E-state index is 11.0. The molecule has 0 amide bonds. The van der Waals surface area contributed by atoms with Gasteiger partial charge in [0.2, 0.25) is 0 Å². The number of hydrogen-bond donors (Lipinski definition) is 2. The topological polar surface area (TPSA) is 49.3 Å². The van der Waals surface area contributed by atoms with Crippen LogP contribution in [0, 0.1) is 0 Å². The SMILES string of the molecule is CCC(Nc1ccc(-c2ccccc2)cc1)C(=O)O. The van der Waals surface area contributed by atoms with E-state index in [0.29, 0.717) is 6.42 Å². The predicted molar refractivity (Wildman–Crippen MR) is 77.2 cm³/mol. The van der Waals surface area contributed by atoms with Crippen LogP contribution in [0.5, 0.6) is 0 Å². The van der Waals surface area contributed by atoms with Crippen LogP contribution in [-0.4, -0.2) is 17.1 Å². The van der Waals surface area contributed by atoms with E-state index in [1.807, 2.05) is 49.4 Å². The van der Waals surface area contributed by atoms with Crippen LogP contribution in [0.15, 0.2) is 54.6 Å².